The zero-order valence-electron chi connectivity index (χ0n) is 10.5. The molecule has 8 heteroatoms. The van der Waals surface area contributed by atoms with Crippen molar-refractivity contribution in [2.75, 3.05) is 11.1 Å². The number of halogens is 2. The summed E-state index contributed by atoms with van der Waals surface area (Å²) in [7, 11) is 0. The number of hydrogen-bond donors (Lipinski definition) is 2. The van der Waals surface area contributed by atoms with Gasteiger partial charge in [-0.1, -0.05) is 11.6 Å². The van der Waals surface area contributed by atoms with Gasteiger partial charge in [0, 0.05) is 17.3 Å². The fraction of sp³-hybridized carbons (Fsp3) is 0. The quantitative estimate of drug-likeness (QED) is 0.487. The molecule has 0 aromatic heterocycles. The molecular formula is C13H9BrClN3O3. The van der Waals surface area contributed by atoms with E-state index in [1.54, 1.807) is 0 Å². The van der Waals surface area contributed by atoms with Crippen LogP contribution in [0.15, 0.2) is 40.9 Å². The van der Waals surface area contributed by atoms with Crippen LogP contribution in [0.2, 0.25) is 5.02 Å². The smallest absolute Gasteiger partial charge is 0.283 e. The molecule has 0 spiro atoms. The van der Waals surface area contributed by atoms with Crippen LogP contribution in [0.25, 0.3) is 0 Å². The lowest BCUT2D eigenvalue weighted by Gasteiger charge is -2.07. The molecule has 0 saturated heterocycles. The van der Waals surface area contributed by atoms with E-state index in [1.165, 1.54) is 36.4 Å². The molecule has 2 aromatic rings. The number of nitrogens with one attached hydrogen (secondary N) is 1. The van der Waals surface area contributed by atoms with Crippen LogP contribution in [0, 0.1) is 10.1 Å². The van der Waals surface area contributed by atoms with Gasteiger partial charge in [0.1, 0.15) is 0 Å². The summed E-state index contributed by atoms with van der Waals surface area (Å²) < 4.78 is 0.278. The number of carbonyl (C=O) groups excluding carboxylic acids is 1. The van der Waals surface area contributed by atoms with Gasteiger partial charge in [-0.05, 0) is 46.3 Å². The highest BCUT2D eigenvalue weighted by atomic mass is 79.9. The molecule has 0 unspecified atom stereocenters. The van der Waals surface area contributed by atoms with Crippen LogP contribution in [-0.2, 0) is 0 Å². The average molecular weight is 371 g/mol. The van der Waals surface area contributed by atoms with Gasteiger partial charge in [-0.3, -0.25) is 14.9 Å². The summed E-state index contributed by atoms with van der Waals surface area (Å²) in [5.41, 5.74) is 6.63. The molecule has 0 aliphatic rings. The van der Waals surface area contributed by atoms with E-state index in [4.69, 9.17) is 17.3 Å². The largest absolute Gasteiger partial charge is 0.398 e. The molecule has 108 valence electrons. The van der Waals surface area contributed by atoms with Crippen LogP contribution in [0.4, 0.5) is 17.1 Å². The first-order chi connectivity index (χ1) is 9.88. The number of nitro groups is 1. The summed E-state index contributed by atoms with van der Waals surface area (Å²) in [4.78, 5) is 22.2. The summed E-state index contributed by atoms with van der Waals surface area (Å²) in [5, 5.41) is 13.6. The van der Waals surface area contributed by atoms with E-state index in [2.05, 4.69) is 21.2 Å². The summed E-state index contributed by atoms with van der Waals surface area (Å²) in [6, 6.07) is 8.72. The second-order valence-corrected chi connectivity index (χ2v) is 5.38. The minimum absolute atomic E-state index is 0.0801. The lowest BCUT2D eigenvalue weighted by Crippen LogP contribution is -2.12. The molecule has 0 saturated carbocycles. The van der Waals surface area contributed by atoms with Crippen LogP contribution in [-0.4, -0.2) is 10.8 Å². The van der Waals surface area contributed by atoms with Crippen molar-refractivity contribution in [3.05, 3.63) is 61.6 Å². The molecule has 0 bridgehead atoms. The molecule has 0 fully saturated rings. The van der Waals surface area contributed by atoms with Crippen LogP contribution in [0.3, 0.4) is 0 Å². The van der Waals surface area contributed by atoms with Gasteiger partial charge in [0.15, 0.2) is 0 Å². The number of nitrogens with zero attached hydrogens (tertiary/aromatic N) is 1. The third-order valence-corrected chi connectivity index (χ3v) is 3.63. The van der Waals surface area contributed by atoms with Gasteiger partial charge in [-0.15, -0.1) is 0 Å². The van der Waals surface area contributed by atoms with Crippen molar-refractivity contribution >= 4 is 50.5 Å². The highest BCUT2D eigenvalue weighted by Crippen LogP contribution is 2.28. The number of amides is 1. The molecule has 0 radical (unpaired) electrons. The van der Waals surface area contributed by atoms with Gasteiger partial charge in [-0.25, -0.2) is 0 Å². The Hall–Kier alpha value is -2.12. The van der Waals surface area contributed by atoms with Gasteiger partial charge in [0.25, 0.3) is 11.6 Å². The molecule has 0 atom stereocenters. The van der Waals surface area contributed by atoms with Gasteiger partial charge in [-0.2, -0.15) is 0 Å². The van der Waals surface area contributed by atoms with Crippen molar-refractivity contribution in [2.45, 2.75) is 0 Å². The first-order valence-electron chi connectivity index (χ1n) is 5.69. The Bertz CT molecular complexity index is 737. The first kappa shape index (κ1) is 15.3. The summed E-state index contributed by atoms with van der Waals surface area (Å²) in [6.45, 7) is 0. The molecule has 2 aromatic carbocycles. The third-order valence-electron chi connectivity index (χ3n) is 2.66. The van der Waals surface area contributed by atoms with Crippen molar-refractivity contribution in [2.24, 2.45) is 0 Å². The molecular weight excluding hydrogens is 362 g/mol. The van der Waals surface area contributed by atoms with Crippen LogP contribution < -0.4 is 11.1 Å². The van der Waals surface area contributed by atoms with Crippen molar-refractivity contribution in [1.82, 2.24) is 0 Å². The van der Waals surface area contributed by atoms with Crippen molar-refractivity contribution in [3.63, 3.8) is 0 Å². The highest BCUT2D eigenvalue weighted by Gasteiger charge is 2.13. The lowest BCUT2D eigenvalue weighted by molar-refractivity contribution is -0.385. The molecule has 21 heavy (non-hydrogen) atoms. The third kappa shape index (κ3) is 3.50. The van der Waals surface area contributed by atoms with Crippen LogP contribution >= 0.6 is 27.5 Å². The number of benzene rings is 2. The maximum Gasteiger partial charge on any atom is 0.283 e. The van der Waals surface area contributed by atoms with Gasteiger partial charge in [0.05, 0.1) is 20.1 Å². The molecule has 1 amide bonds. The second-order valence-electron chi connectivity index (χ2n) is 4.11. The van der Waals surface area contributed by atoms with Crippen molar-refractivity contribution in [3.8, 4) is 0 Å². The van der Waals surface area contributed by atoms with Gasteiger partial charge in [0.2, 0.25) is 0 Å². The minimum atomic E-state index is -0.518. The lowest BCUT2D eigenvalue weighted by atomic mass is 10.2. The molecule has 0 heterocycles. The summed E-state index contributed by atoms with van der Waals surface area (Å²) in [5.74, 6) is -0.391. The maximum atomic E-state index is 12.0. The van der Waals surface area contributed by atoms with Gasteiger partial charge >= 0.3 is 0 Å². The number of rotatable bonds is 3. The summed E-state index contributed by atoms with van der Waals surface area (Å²) >= 11 is 8.94. The van der Waals surface area contributed by atoms with E-state index in [1.807, 2.05) is 0 Å². The number of nitro benzene ring substituents is 1. The van der Waals surface area contributed by atoms with E-state index in [0.29, 0.717) is 16.9 Å². The molecule has 6 nitrogen and oxygen atoms in total. The molecule has 0 aliphatic carbocycles. The number of carbonyl (C=O) groups is 1. The number of nitrogen functional groups attached to an aromatic ring is 1. The Balaban J connectivity index is 2.21. The molecule has 3 N–H and O–H groups in total. The molecule has 2 rings (SSSR count). The topological polar surface area (TPSA) is 98.3 Å². The zero-order chi connectivity index (χ0) is 15.6. The van der Waals surface area contributed by atoms with Crippen LogP contribution in [0.1, 0.15) is 10.4 Å². The van der Waals surface area contributed by atoms with Crippen molar-refractivity contribution in [1.29, 1.82) is 0 Å². The second kappa shape index (κ2) is 6.11. The average Bonchev–Trinajstić information content (AvgIpc) is 2.41. The number of nitrogens with two attached hydrogens (primary N) is 1. The Morgan fingerprint density at radius 1 is 1.29 bits per heavy atom. The van der Waals surface area contributed by atoms with E-state index in [0.717, 1.165) is 0 Å². The SMILES string of the molecule is Nc1ccc(C(=O)Nc2ccc([N+](=O)[O-])c(Br)c2)cc1Cl. The van der Waals surface area contributed by atoms with E-state index in [9.17, 15) is 14.9 Å². The van der Waals surface area contributed by atoms with E-state index < -0.39 is 10.8 Å². The van der Waals surface area contributed by atoms with E-state index >= 15 is 0 Å². The standard InChI is InChI=1S/C13H9BrClN3O3/c14-9-6-8(2-4-12(9)18(20)21)17-13(19)7-1-3-11(16)10(15)5-7/h1-6H,16H2,(H,17,19). The highest BCUT2D eigenvalue weighted by molar-refractivity contribution is 9.10. The van der Waals surface area contributed by atoms with Crippen LogP contribution in [0.5, 0.6) is 0 Å². The Morgan fingerprint density at radius 2 is 2.00 bits per heavy atom. The normalized spacial score (nSPS) is 10.2. The predicted molar refractivity (Wildman–Crippen MR) is 84.6 cm³/mol. The Kier molecular flexibility index (Phi) is 4.44. The zero-order valence-corrected chi connectivity index (χ0v) is 12.8. The van der Waals surface area contributed by atoms with Gasteiger partial charge < -0.3 is 11.1 Å². The fourth-order valence-electron chi connectivity index (χ4n) is 1.60. The number of anilines is 2. The minimum Gasteiger partial charge on any atom is -0.398 e. The predicted octanol–water partition coefficient (Wildman–Crippen LogP) is 3.85. The molecule has 0 aliphatic heterocycles. The maximum absolute atomic E-state index is 12.0. The monoisotopic (exact) mass is 369 g/mol. The summed E-state index contributed by atoms with van der Waals surface area (Å²) in [6.07, 6.45) is 0. The van der Waals surface area contributed by atoms with E-state index in [-0.39, 0.29) is 15.2 Å². The number of hydrogen-bond acceptors (Lipinski definition) is 4. The van der Waals surface area contributed by atoms with Crippen molar-refractivity contribution < 1.29 is 9.72 Å². The fourth-order valence-corrected chi connectivity index (χ4v) is 2.31. The first-order valence-corrected chi connectivity index (χ1v) is 6.86. The Morgan fingerprint density at radius 3 is 2.57 bits per heavy atom. The Labute approximate surface area is 133 Å².